The van der Waals surface area contributed by atoms with Crippen LogP contribution in [0, 0.1) is 0 Å². The van der Waals surface area contributed by atoms with E-state index in [-0.39, 0.29) is 4.88 Å². The minimum atomic E-state index is -2.17. The zero-order valence-electron chi connectivity index (χ0n) is 6.64. The molecule has 72 valence electrons. The number of nitrogens with one attached hydrogen (secondary N) is 1. The van der Waals surface area contributed by atoms with E-state index in [9.17, 15) is 9.00 Å². The maximum atomic E-state index is 11.0. The van der Waals surface area contributed by atoms with Crippen molar-refractivity contribution < 1.29 is 18.3 Å². The average Bonchev–Trinajstić information content (AvgIpc) is 2.50. The Bertz CT molecular complexity index is 335. The SMILES string of the molecule is COC(=O)c1sccc1NS(=O)O. The molecule has 0 saturated carbocycles. The largest absolute Gasteiger partial charge is 0.465 e. The molecule has 0 fully saturated rings. The van der Waals surface area contributed by atoms with Gasteiger partial charge in [0.25, 0.3) is 11.3 Å². The molecule has 0 aliphatic carbocycles. The summed E-state index contributed by atoms with van der Waals surface area (Å²) in [6.45, 7) is 0. The van der Waals surface area contributed by atoms with Gasteiger partial charge in [-0.3, -0.25) is 9.27 Å². The molecule has 5 nitrogen and oxygen atoms in total. The van der Waals surface area contributed by atoms with Crippen molar-refractivity contribution in [1.29, 1.82) is 0 Å². The van der Waals surface area contributed by atoms with Crippen LogP contribution in [0.1, 0.15) is 9.67 Å². The lowest BCUT2D eigenvalue weighted by Gasteiger charge is -2.00. The fourth-order valence-electron chi connectivity index (χ4n) is 0.734. The first-order valence-corrected chi connectivity index (χ1v) is 5.17. The summed E-state index contributed by atoms with van der Waals surface area (Å²) in [5, 5.41) is 1.63. The first-order chi connectivity index (χ1) is 6.15. The Morgan fingerprint density at radius 2 is 2.46 bits per heavy atom. The van der Waals surface area contributed by atoms with E-state index < -0.39 is 17.2 Å². The summed E-state index contributed by atoms with van der Waals surface area (Å²) < 4.78 is 25.6. The summed E-state index contributed by atoms with van der Waals surface area (Å²) in [5.41, 5.74) is 0.303. The van der Waals surface area contributed by atoms with Crippen molar-refractivity contribution in [2.24, 2.45) is 0 Å². The molecule has 1 unspecified atom stereocenters. The lowest BCUT2D eigenvalue weighted by atomic mass is 10.4. The maximum absolute atomic E-state index is 11.0. The Hall–Kier alpha value is -0.920. The highest BCUT2D eigenvalue weighted by Gasteiger charge is 2.13. The number of ether oxygens (including phenoxy) is 1. The van der Waals surface area contributed by atoms with E-state index in [4.69, 9.17) is 4.55 Å². The van der Waals surface area contributed by atoms with Crippen LogP contribution in [0.2, 0.25) is 0 Å². The molecule has 0 radical (unpaired) electrons. The Labute approximate surface area is 81.1 Å². The second kappa shape index (κ2) is 4.35. The van der Waals surface area contributed by atoms with Crippen LogP contribution in [0.3, 0.4) is 0 Å². The summed E-state index contributed by atoms with van der Waals surface area (Å²) in [6.07, 6.45) is 0. The molecule has 13 heavy (non-hydrogen) atoms. The van der Waals surface area contributed by atoms with Crippen molar-refractivity contribution in [3.63, 3.8) is 0 Å². The summed E-state index contributed by atoms with van der Waals surface area (Å²) in [6, 6.07) is 1.53. The zero-order valence-corrected chi connectivity index (χ0v) is 8.28. The lowest BCUT2D eigenvalue weighted by molar-refractivity contribution is 0.0607. The van der Waals surface area contributed by atoms with Crippen LogP contribution >= 0.6 is 11.3 Å². The fraction of sp³-hybridized carbons (Fsp3) is 0.167. The number of carbonyl (C=O) groups excluding carboxylic acids is 1. The third-order valence-corrected chi connectivity index (χ3v) is 2.52. The highest BCUT2D eigenvalue weighted by Crippen LogP contribution is 2.23. The summed E-state index contributed by atoms with van der Waals surface area (Å²) >= 11 is -1.03. The lowest BCUT2D eigenvalue weighted by Crippen LogP contribution is -2.06. The molecular formula is C6H7NO4S2. The van der Waals surface area contributed by atoms with Gasteiger partial charge in [0.15, 0.2) is 0 Å². The van der Waals surface area contributed by atoms with Gasteiger partial charge in [-0.15, -0.1) is 11.3 Å². The van der Waals surface area contributed by atoms with Gasteiger partial charge in [0.2, 0.25) is 0 Å². The molecule has 1 aromatic rings. The van der Waals surface area contributed by atoms with Gasteiger partial charge in [0, 0.05) is 0 Å². The van der Waals surface area contributed by atoms with Crippen LogP contribution in [0.4, 0.5) is 5.69 Å². The molecule has 0 aliphatic rings. The Balaban J connectivity index is 2.89. The molecule has 2 N–H and O–H groups in total. The molecule has 1 atom stereocenters. The standard InChI is InChI=1S/C6H7NO4S2/c1-11-6(8)5-4(2-3-12-5)7-13(9)10/h2-3,7H,1H3,(H,9,10). The van der Waals surface area contributed by atoms with E-state index in [1.165, 1.54) is 13.2 Å². The van der Waals surface area contributed by atoms with Crippen LogP contribution in [0.15, 0.2) is 11.4 Å². The highest BCUT2D eigenvalue weighted by atomic mass is 32.2. The molecule has 0 amide bonds. The number of anilines is 1. The maximum Gasteiger partial charge on any atom is 0.350 e. The molecule has 0 bridgehead atoms. The Morgan fingerprint density at radius 3 is 3.00 bits per heavy atom. The second-order valence-electron chi connectivity index (χ2n) is 2.01. The highest BCUT2D eigenvalue weighted by molar-refractivity contribution is 7.80. The van der Waals surface area contributed by atoms with Gasteiger partial charge in [0.05, 0.1) is 12.8 Å². The minimum Gasteiger partial charge on any atom is -0.465 e. The smallest absolute Gasteiger partial charge is 0.350 e. The molecule has 0 aromatic carbocycles. The number of methoxy groups -OCH3 is 1. The minimum absolute atomic E-state index is 0.282. The van der Waals surface area contributed by atoms with Crippen LogP contribution < -0.4 is 4.72 Å². The van der Waals surface area contributed by atoms with Crippen molar-refractivity contribution in [1.82, 2.24) is 0 Å². The molecular weight excluding hydrogens is 214 g/mol. The van der Waals surface area contributed by atoms with Gasteiger partial charge in [-0.2, -0.15) is 0 Å². The number of esters is 1. The van der Waals surface area contributed by atoms with Gasteiger partial charge < -0.3 is 4.74 Å². The molecule has 0 aliphatic heterocycles. The van der Waals surface area contributed by atoms with E-state index in [0.29, 0.717) is 5.69 Å². The van der Waals surface area contributed by atoms with Crippen molar-refractivity contribution in [2.75, 3.05) is 11.8 Å². The van der Waals surface area contributed by atoms with Crippen molar-refractivity contribution >= 4 is 34.3 Å². The Morgan fingerprint density at radius 1 is 1.77 bits per heavy atom. The van der Waals surface area contributed by atoms with Crippen molar-refractivity contribution in [3.05, 3.63) is 16.3 Å². The summed E-state index contributed by atoms with van der Waals surface area (Å²) in [4.78, 5) is 11.3. The molecule has 0 saturated heterocycles. The normalized spacial score (nSPS) is 12.2. The molecule has 1 rings (SSSR count). The fourth-order valence-corrected chi connectivity index (χ4v) is 1.92. The topological polar surface area (TPSA) is 75.6 Å². The van der Waals surface area contributed by atoms with Crippen LogP contribution in [0.5, 0.6) is 0 Å². The van der Waals surface area contributed by atoms with E-state index in [0.717, 1.165) is 11.3 Å². The Kier molecular flexibility index (Phi) is 3.40. The van der Waals surface area contributed by atoms with Gasteiger partial charge in [-0.1, -0.05) is 0 Å². The van der Waals surface area contributed by atoms with E-state index >= 15 is 0 Å². The first-order valence-electron chi connectivity index (χ1n) is 3.18. The quantitative estimate of drug-likeness (QED) is 0.591. The molecule has 1 heterocycles. The number of carbonyl (C=O) groups is 1. The predicted molar refractivity (Wildman–Crippen MR) is 50.1 cm³/mol. The number of rotatable bonds is 3. The zero-order chi connectivity index (χ0) is 9.84. The summed E-state index contributed by atoms with van der Waals surface area (Å²) in [5.74, 6) is -0.525. The summed E-state index contributed by atoms with van der Waals surface area (Å²) in [7, 11) is 1.25. The average molecular weight is 221 g/mol. The molecule has 7 heteroatoms. The number of hydrogen-bond donors (Lipinski definition) is 2. The van der Waals surface area contributed by atoms with Gasteiger partial charge in [-0.05, 0) is 11.4 Å². The van der Waals surface area contributed by atoms with Gasteiger partial charge in [0.1, 0.15) is 4.88 Å². The predicted octanol–water partition coefficient (Wildman–Crippen LogP) is 1.08. The first kappa shape index (κ1) is 10.2. The van der Waals surface area contributed by atoms with Gasteiger partial charge in [-0.25, -0.2) is 9.00 Å². The number of hydrogen-bond acceptors (Lipinski definition) is 4. The van der Waals surface area contributed by atoms with Crippen LogP contribution in [-0.2, 0) is 16.0 Å². The van der Waals surface area contributed by atoms with E-state index in [1.807, 2.05) is 0 Å². The monoisotopic (exact) mass is 221 g/mol. The molecule has 0 spiro atoms. The van der Waals surface area contributed by atoms with Crippen LogP contribution in [0.25, 0.3) is 0 Å². The van der Waals surface area contributed by atoms with E-state index in [2.05, 4.69) is 9.46 Å². The van der Waals surface area contributed by atoms with Gasteiger partial charge >= 0.3 is 5.97 Å². The van der Waals surface area contributed by atoms with E-state index in [1.54, 1.807) is 5.38 Å². The van der Waals surface area contributed by atoms with Crippen molar-refractivity contribution in [3.8, 4) is 0 Å². The van der Waals surface area contributed by atoms with Crippen LogP contribution in [-0.4, -0.2) is 21.8 Å². The second-order valence-corrected chi connectivity index (χ2v) is 3.62. The third-order valence-electron chi connectivity index (χ3n) is 1.23. The number of thiophene rings is 1. The third kappa shape index (κ3) is 2.51. The molecule has 1 aromatic heterocycles. The van der Waals surface area contributed by atoms with Crippen molar-refractivity contribution in [2.45, 2.75) is 0 Å².